The lowest BCUT2D eigenvalue weighted by molar-refractivity contribution is 0.618. The molecular weight excluding hydrogens is 390 g/mol. The fraction of sp³-hybridized carbons (Fsp3) is 0.167. The maximum Gasteiger partial charge on any atom is 0.126 e. The van der Waals surface area contributed by atoms with Gasteiger partial charge in [-0.1, -0.05) is 39.7 Å². The molecule has 0 saturated carbocycles. The predicted octanol–water partition coefficient (Wildman–Crippen LogP) is 6.10. The maximum atomic E-state index is 13.2. The third-order valence-electron chi connectivity index (χ3n) is 2.39. The quantitative estimate of drug-likeness (QED) is 0.537. The molecule has 0 aliphatic rings. The van der Waals surface area contributed by atoms with Crippen LogP contribution in [0.3, 0.4) is 0 Å². The first-order valence-corrected chi connectivity index (χ1v) is 7.74. The number of hydrogen-bond donors (Lipinski definition) is 0. The molecule has 1 heterocycles. The number of halogens is 4. The third kappa shape index (κ3) is 2.92. The zero-order valence-corrected chi connectivity index (χ0v) is 13.6. The number of hydrogen-bond acceptors (Lipinski definition) is 1. The summed E-state index contributed by atoms with van der Waals surface area (Å²) in [6.07, 6.45) is 0. The predicted molar refractivity (Wildman–Crippen MR) is 78.9 cm³/mol. The Balaban J connectivity index is 2.36. The van der Waals surface area contributed by atoms with Crippen molar-refractivity contribution >= 4 is 54.8 Å². The van der Waals surface area contributed by atoms with E-state index in [0.29, 0.717) is 10.6 Å². The summed E-state index contributed by atoms with van der Waals surface area (Å²) in [7, 11) is 0. The SMILES string of the molecule is Cc1cc(C(Br)c2cc(Cl)c(Br)s2)ccc1F. The molecule has 1 unspecified atom stereocenters. The van der Waals surface area contributed by atoms with Crippen LogP contribution in [-0.2, 0) is 0 Å². The smallest absolute Gasteiger partial charge is 0.126 e. The monoisotopic (exact) mass is 396 g/mol. The minimum absolute atomic E-state index is 0.0376. The van der Waals surface area contributed by atoms with Gasteiger partial charge in [0.25, 0.3) is 0 Å². The van der Waals surface area contributed by atoms with Gasteiger partial charge in [0.15, 0.2) is 0 Å². The molecular formula is C12H8Br2ClFS. The second-order valence-electron chi connectivity index (χ2n) is 3.64. The van der Waals surface area contributed by atoms with E-state index in [1.807, 2.05) is 12.1 Å². The van der Waals surface area contributed by atoms with Gasteiger partial charge >= 0.3 is 0 Å². The van der Waals surface area contributed by atoms with Gasteiger partial charge in [0.2, 0.25) is 0 Å². The highest BCUT2D eigenvalue weighted by Crippen LogP contribution is 2.41. The summed E-state index contributed by atoms with van der Waals surface area (Å²) in [5, 5.41) is 0.702. The molecule has 1 aromatic heterocycles. The molecule has 0 spiro atoms. The van der Waals surface area contributed by atoms with Gasteiger partial charge in [-0.2, -0.15) is 0 Å². The van der Waals surface area contributed by atoms with Crippen molar-refractivity contribution < 1.29 is 4.39 Å². The lowest BCUT2D eigenvalue weighted by Crippen LogP contribution is -1.92. The van der Waals surface area contributed by atoms with Crippen LogP contribution in [0.5, 0.6) is 0 Å². The van der Waals surface area contributed by atoms with Gasteiger partial charge in [0, 0.05) is 4.88 Å². The maximum absolute atomic E-state index is 13.2. The van der Waals surface area contributed by atoms with Crippen molar-refractivity contribution in [2.75, 3.05) is 0 Å². The number of benzene rings is 1. The Hall–Kier alpha value is 0.1000. The molecule has 0 bridgehead atoms. The Morgan fingerprint density at radius 2 is 2.06 bits per heavy atom. The highest BCUT2D eigenvalue weighted by Gasteiger charge is 2.15. The fourth-order valence-corrected chi connectivity index (χ4v) is 3.93. The van der Waals surface area contributed by atoms with Crippen LogP contribution >= 0.6 is 54.8 Å². The van der Waals surface area contributed by atoms with Crippen molar-refractivity contribution in [2.45, 2.75) is 11.8 Å². The van der Waals surface area contributed by atoms with Gasteiger partial charge < -0.3 is 0 Å². The molecule has 2 aromatic rings. The molecule has 17 heavy (non-hydrogen) atoms. The van der Waals surface area contributed by atoms with Gasteiger partial charge in [-0.3, -0.25) is 0 Å². The molecule has 0 aliphatic carbocycles. The summed E-state index contributed by atoms with van der Waals surface area (Å²) in [5.41, 5.74) is 1.67. The molecule has 0 fully saturated rings. The van der Waals surface area contributed by atoms with Crippen molar-refractivity contribution in [3.05, 3.63) is 54.9 Å². The third-order valence-corrected chi connectivity index (χ3v) is 6.25. The van der Waals surface area contributed by atoms with Crippen LogP contribution < -0.4 is 0 Å². The number of alkyl halides is 1. The molecule has 5 heteroatoms. The molecule has 0 radical (unpaired) electrons. The van der Waals surface area contributed by atoms with Gasteiger partial charge in [-0.05, 0) is 46.1 Å². The molecule has 90 valence electrons. The lowest BCUT2D eigenvalue weighted by atomic mass is 10.1. The first kappa shape index (κ1) is 13.5. The van der Waals surface area contributed by atoms with E-state index in [2.05, 4.69) is 31.9 Å². The van der Waals surface area contributed by atoms with Gasteiger partial charge in [-0.25, -0.2) is 4.39 Å². The van der Waals surface area contributed by atoms with E-state index in [9.17, 15) is 4.39 Å². The molecule has 1 aromatic carbocycles. The van der Waals surface area contributed by atoms with E-state index >= 15 is 0 Å². The fourth-order valence-electron chi connectivity index (χ4n) is 1.48. The lowest BCUT2D eigenvalue weighted by Gasteiger charge is -2.09. The minimum Gasteiger partial charge on any atom is -0.207 e. The second-order valence-corrected chi connectivity index (χ2v) is 7.37. The van der Waals surface area contributed by atoms with Crippen LogP contribution in [0.2, 0.25) is 5.02 Å². The molecule has 2 rings (SSSR count). The van der Waals surface area contributed by atoms with Gasteiger partial charge in [-0.15, -0.1) is 11.3 Å². The molecule has 1 atom stereocenters. The first-order valence-electron chi connectivity index (χ1n) is 4.84. The second kappa shape index (κ2) is 5.39. The highest BCUT2D eigenvalue weighted by atomic mass is 79.9. The average Bonchev–Trinajstić information content (AvgIpc) is 2.62. The van der Waals surface area contributed by atoms with Crippen molar-refractivity contribution in [2.24, 2.45) is 0 Å². The van der Waals surface area contributed by atoms with E-state index in [0.717, 1.165) is 14.2 Å². The number of thiophene rings is 1. The van der Waals surface area contributed by atoms with Crippen LogP contribution in [0.25, 0.3) is 0 Å². The number of aryl methyl sites for hydroxylation is 1. The zero-order valence-electron chi connectivity index (χ0n) is 8.81. The zero-order chi connectivity index (χ0) is 12.6. The summed E-state index contributed by atoms with van der Waals surface area (Å²) in [6, 6.07) is 7.02. The Morgan fingerprint density at radius 3 is 2.59 bits per heavy atom. The summed E-state index contributed by atoms with van der Waals surface area (Å²) in [5.74, 6) is -0.182. The van der Waals surface area contributed by atoms with E-state index in [-0.39, 0.29) is 10.6 Å². The Labute approximate surface area is 125 Å². The normalized spacial score (nSPS) is 12.8. The standard InChI is InChI=1S/C12H8Br2ClFS/c1-6-4-7(2-3-9(6)16)11(13)10-5-8(15)12(14)17-10/h2-5,11H,1H3. The van der Waals surface area contributed by atoms with E-state index in [1.54, 1.807) is 24.3 Å². The van der Waals surface area contributed by atoms with Crippen molar-refractivity contribution in [3.63, 3.8) is 0 Å². The van der Waals surface area contributed by atoms with Crippen LogP contribution in [-0.4, -0.2) is 0 Å². The van der Waals surface area contributed by atoms with Crippen molar-refractivity contribution in [1.29, 1.82) is 0 Å². The van der Waals surface area contributed by atoms with Crippen LogP contribution in [0.15, 0.2) is 28.1 Å². The van der Waals surface area contributed by atoms with Gasteiger partial charge in [0.05, 0.1) is 13.6 Å². The van der Waals surface area contributed by atoms with Crippen LogP contribution in [0, 0.1) is 12.7 Å². The molecule has 0 saturated heterocycles. The van der Waals surface area contributed by atoms with Crippen molar-refractivity contribution in [3.8, 4) is 0 Å². The average molecular weight is 399 g/mol. The summed E-state index contributed by atoms with van der Waals surface area (Å²) in [6.45, 7) is 1.76. The summed E-state index contributed by atoms with van der Waals surface area (Å²) < 4.78 is 14.1. The van der Waals surface area contributed by atoms with E-state index < -0.39 is 0 Å². The van der Waals surface area contributed by atoms with E-state index in [4.69, 9.17) is 11.6 Å². The summed E-state index contributed by atoms with van der Waals surface area (Å²) in [4.78, 5) is 1.13. The van der Waals surface area contributed by atoms with E-state index in [1.165, 1.54) is 6.07 Å². The molecule has 0 aliphatic heterocycles. The highest BCUT2D eigenvalue weighted by molar-refractivity contribution is 9.11. The Kier molecular flexibility index (Phi) is 4.29. The minimum atomic E-state index is -0.182. The molecule has 0 nitrogen and oxygen atoms in total. The Morgan fingerprint density at radius 1 is 1.35 bits per heavy atom. The van der Waals surface area contributed by atoms with Crippen molar-refractivity contribution in [1.82, 2.24) is 0 Å². The number of rotatable bonds is 2. The van der Waals surface area contributed by atoms with Crippen LogP contribution in [0.4, 0.5) is 4.39 Å². The molecule has 0 amide bonds. The molecule has 0 N–H and O–H groups in total. The largest absolute Gasteiger partial charge is 0.207 e. The summed E-state index contributed by atoms with van der Waals surface area (Å²) >= 11 is 14.6. The topological polar surface area (TPSA) is 0 Å². The van der Waals surface area contributed by atoms with Gasteiger partial charge in [0.1, 0.15) is 5.82 Å². The van der Waals surface area contributed by atoms with Crippen LogP contribution in [0.1, 0.15) is 20.8 Å². The first-order chi connectivity index (χ1) is 7.99. The Bertz CT molecular complexity index is 534.